The molecule has 0 aliphatic carbocycles. The van der Waals surface area contributed by atoms with Crippen LogP contribution in [0.15, 0.2) is 57.7 Å². The number of rotatable bonds is 4. The van der Waals surface area contributed by atoms with Crippen molar-refractivity contribution in [2.45, 2.75) is 20.1 Å². The van der Waals surface area contributed by atoms with Gasteiger partial charge >= 0.3 is 11.9 Å². The summed E-state index contributed by atoms with van der Waals surface area (Å²) in [5, 5.41) is 2.88. The molecule has 2 aromatic rings. The first-order valence-electron chi connectivity index (χ1n) is 7.77. The van der Waals surface area contributed by atoms with Crippen LogP contribution in [0.3, 0.4) is 0 Å². The van der Waals surface area contributed by atoms with Crippen molar-refractivity contribution in [3.8, 4) is 0 Å². The molecule has 1 heterocycles. The van der Waals surface area contributed by atoms with Crippen LogP contribution in [0.1, 0.15) is 21.5 Å². The highest BCUT2D eigenvalue weighted by Gasteiger charge is 2.37. The fourth-order valence-corrected chi connectivity index (χ4v) is 3.01. The molecule has 0 amide bonds. The zero-order chi connectivity index (χ0) is 18.8. The van der Waals surface area contributed by atoms with Crippen LogP contribution in [0.2, 0.25) is 0 Å². The third-order valence-electron chi connectivity index (χ3n) is 3.96. The van der Waals surface area contributed by atoms with Gasteiger partial charge in [-0.05, 0) is 65.2 Å². The van der Waals surface area contributed by atoms with Crippen LogP contribution in [-0.2, 0) is 14.3 Å². The summed E-state index contributed by atoms with van der Waals surface area (Å²) in [4.78, 5) is 24.2. The Bertz CT molecular complexity index is 926. The highest BCUT2D eigenvalue weighted by Crippen LogP contribution is 2.30. The van der Waals surface area contributed by atoms with Crippen molar-refractivity contribution in [2.75, 3.05) is 5.32 Å². The number of hydrogen-bond acceptors (Lipinski definition) is 5. The number of nitrogens with one attached hydrogen (secondary N) is 1. The van der Waals surface area contributed by atoms with Crippen LogP contribution in [0.4, 0.5) is 5.69 Å². The number of ether oxygens (including phenoxy) is 2. The summed E-state index contributed by atoms with van der Waals surface area (Å²) in [6, 6.07) is 12.5. The molecule has 2 aromatic carbocycles. The fraction of sp³-hybridized carbons (Fsp3) is 0.158. The lowest BCUT2D eigenvalue weighted by atomic mass is 10.1. The van der Waals surface area contributed by atoms with E-state index in [1.807, 2.05) is 32.0 Å². The summed E-state index contributed by atoms with van der Waals surface area (Å²) in [6.45, 7) is 3.97. The third kappa shape index (κ3) is 3.76. The van der Waals surface area contributed by atoms with Gasteiger partial charge in [-0.1, -0.05) is 29.8 Å². The number of esters is 2. The van der Waals surface area contributed by atoms with Crippen molar-refractivity contribution >= 4 is 45.2 Å². The Kier molecular flexibility index (Phi) is 5.34. The average Bonchev–Trinajstić information content (AvgIpc) is 2.86. The Morgan fingerprint density at radius 3 is 2.62 bits per heavy atom. The maximum absolute atomic E-state index is 12.4. The van der Waals surface area contributed by atoms with E-state index in [1.165, 1.54) is 0 Å². The van der Waals surface area contributed by atoms with Gasteiger partial charge in [-0.25, -0.2) is 9.59 Å². The highest BCUT2D eigenvalue weighted by molar-refractivity contribution is 9.10. The van der Waals surface area contributed by atoms with Crippen LogP contribution in [-0.4, -0.2) is 18.2 Å². The van der Waals surface area contributed by atoms with Gasteiger partial charge in [0.15, 0.2) is 5.03 Å². The van der Waals surface area contributed by atoms with Gasteiger partial charge in [-0.15, -0.1) is 0 Å². The van der Waals surface area contributed by atoms with Gasteiger partial charge in [0.05, 0.1) is 5.56 Å². The highest BCUT2D eigenvalue weighted by atomic mass is 79.9. The maximum atomic E-state index is 12.4. The fourth-order valence-electron chi connectivity index (χ4n) is 2.38. The molecule has 26 heavy (non-hydrogen) atoms. The lowest BCUT2D eigenvalue weighted by molar-refractivity contribution is -0.152. The lowest BCUT2D eigenvalue weighted by Crippen LogP contribution is -2.24. The maximum Gasteiger partial charge on any atom is 0.355 e. The zero-order valence-electron chi connectivity index (χ0n) is 14.0. The van der Waals surface area contributed by atoms with Gasteiger partial charge in [0, 0.05) is 10.2 Å². The minimum atomic E-state index is -1.24. The normalized spacial score (nSPS) is 16.5. The monoisotopic (exact) mass is 435 g/mol. The molecule has 0 saturated heterocycles. The van der Waals surface area contributed by atoms with E-state index in [0.29, 0.717) is 15.7 Å². The summed E-state index contributed by atoms with van der Waals surface area (Å²) in [5.41, 5.74) is 3.42. The molecule has 7 heteroatoms. The first-order valence-corrected chi connectivity index (χ1v) is 8.94. The second-order valence-corrected chi connectivity index (χ2v) is 7.01. The van der Waals surface area contributed by atoms with Crippen molar-refractivity contribution in [1.29, 1.82) is 0 Å². The van der Waals surface area contributed by atoms with Crippen LogP contribution in [0.25, 0.3) is 0 Å². The van der Waals surface area contributed by atoms with Gasteiger partial charge in [0.1, 0.15) is 5.70 Å². The van der Waals surface area contributed by atoms with Gasteiger partial charge in [-0.2, -0.15) is 0 Å². The summed E-state index contributed by atoms with van der Waals surface area (Å²) >= 11 is 9.34. The molecule has 0 unspecified atom stereocenters. The summed E-state index contributed by atoms with van der Waals surface area (Å²) < 4.78 is 11.0. The number of carbonyl (C=O) groups is 2. The Hall–Kier alpha value is -2.31. The quantitative estimate of drug-likeness (QED) is 0.706. The summed E-state index contributed by atoms with van der Waals surface area (Å²) in [5.74, 6) is -1.39. The molecule has 0 saturated carbocycles. The van der Waals surface area contributed by atoms with Crippen molar-refractivity contribution in [3.05, 3.63) is 74.4 Å². The van der Waals surface area contributed by atoms with Crippen LogP contribution in [0, 0.1) is 13.8 Å². The number of cyclic esters (lactones) is 1. The molecule has 1 atom stereocenters. The van der Waals surface area contributed by atoms with E-state index in [4.69, 9.17) is 21.1 Å². The van der Waals surface area contributed by atoms with Crippen molar-refractivity contribution in [2.24, 2.45) is 0 Å². The lowest BCUT2D eigenvalue weighted by Gasteiger charge is -2.17. The van der Waals surface area contributed by atoms with Crippen LogP contribution < -0.4 is 5.32 Å². The van der Waals surface area contributed by atoms with Crippen molar-refractivity contribution in [3.63, 3.8) is 0 Å². The van der Waals surface area contributed by atoms with Crippen molar-refractivity contribution < 1.29 is 19.1 Å². The molecule has 0 fully saturated rings. The van der Waals surface area contributed by atoms with E-state index < -0.39 is 18.2 Å². The predicted octanol–water partition coefficient (Wildman–Crippen LogP) is 4.67. The predicted molar refractivity (Wildman–Crippen MR) is 102 cm³/mol. The zero-order valence-corrected chi connectivity index (χ0v) is 16.3. The Morgan fingerprint density at radius 2 is 1.92 bits per heavy atom. The molecular weight excluding hydrogens is 422 g/mol. The molecule has 5 nitrogen and oxygen atoms in total. The molecule has 0 aromatic heterocycles. The van der Waals surface area contributed by atoms with E-state index in [0.717, 1.165) is 11.1 Å². The summed E-state index contributed by atoms with van der Waals surface area (Å²) in [6.07, 6.45) is -1.24. The third-order valence-corrected chi connectivity index (χ3v) is 5.01. The first-order chi connectivity index (χ1) is 12.4. The first kappa shape index (κ1) is 18.5. The number of benzene rings is 2. The Balaban J connectivity index is 1.83. The Morgan fingerprint density at radius 1 is 1.19 bits per heavy atom. The number of anilines is 1. The molecule has 1 aliphatic rings. The Labute approximate surface area is 164 Å². The van der Waals surface area contributed by atoms with Crippen LogP contribution >= 0.6 is 27.5 Å². The molecule has 1 N–H and O–H groups in total. The van der Waals surface area contributed by atoms with Crippen LogP contribution in [0.5, 0.6) is 0 Å². The molecule has 3 rings (SSSR count). The topological polar surface area (TPSA) is 64.6 Å². The number of hydrogen-bond donors (Lipinski definition) is 1. The minimum Gasteiger partial charge on any atom is -0.415 e. The van der Waals surface area contributed by atoms with E-state index in [9.17, 15) is 9.59 Å². The largest absolute Gasteiger partial charge is 0.415 e. The van der Waals surface area contributed by atoms with Gasteiger partial charge in [-0.3, -0.25) is 0 Å². The van der Waals surface area contributed by atoms with E-state index in [2.05, 4.69) is 21.2 Å². The minimum absolute atomic E-state index is 0.145. The van der Waals surface area contributed by atoms with E-state index in [-0.39, 0.29) is 10.7 Å². The van der Waals surface area contributed by atoms with Gasteiger partial charge in [0.25, 0.3) is 6.29 Å². The molecule has 134 valence electrons. The van der Waals surface area contributed by atoms with E-state index in [1.54, 1.807) is 24.3 Å². The number of halogens is 2. The molecule has 0 spiro atoms. The number of aryl methyl sites for hydroxylation is 2. The SMILES string of the molecule is Cc1ccc(NC2=C(Cl)C(=O)O[C@H]2OC(=O)c2ccccc2Br)cc1C. The molecule has 0 bridgehead atoms. The standard InChI is InChI=1S/C19H15BrClNO4/c1-10-7-8-12(9-11(10)2)22-16-15(21)18(24)26-19(16)25-17(23)13-5-3-4-6-14(13)20/h3-9,19,22H,1-2H3/t19-/m1/s1. The second kappa shape index (κ2) is 7.51. The second-order valence-electron chi connectivity index (χ2n) is 5.77. The molecule has 1 aliphatic heterocycles. The average molecular weight is 437 g/mol. The van der Waals surface area contributed by atoms with Crippen molar-refractivity contribution in [1.82, 2.24) is 0 Å². The summed E-state index contributed by atoms with van der Waals surface area (Å²) in [7, 11) is 0. The molecular formula is C19H15BrClNO4. The van der Waals surface area contributed by atoms with Gasteiger partial charge < -0.3 is 14.8 Å². The van der Waals surface area contributed by atoms with Gasteiger partial charge in [0.2, 0.25) is 0 Å². The number of carbonyl (C=O) groups excluding carboxylic acids is 2. The molecule has 0 radical (unpaired) electrons. The van der Waals surface area contributed by atoms with E-state index >= 15 is 0 Å². The smallest absolute Gasteiger partial charge is 0.355 e.